The van der Waals surface area contributed by atoms with Gasteiger partial charge in [-0.05, 0) is 33.4 Å². The molecule has 1 aromatic heterocycles. The minimum Gasteiger partial charge on any atom is -0.369 e. The number of hydrogen-bond acceptors (Lipinski definition) is 3. The summed E-state index contributed by atoms with van der Waals surface area (Å²) in [6, 6.07) is 0.620. The quantitative estimate of drug-likeness (QED) is 0.796. The predicted octanol–water partition coefficient (Wildman–Crippen LogP) is 1.26. The highest BCUT2D eigenvalue weighted by Crippen LogP contribution is 2.18. The van der Waals surface area contributed by atoms with E-state index >= 15 is 0 Å². The summed E-state index contributed by atoms with van der Waals surface area (Å²) in [6.45, 7) is 4.17. The van der Waals surface area contributed by atoms with Crippen LogP contribution in [0.4, 0.5) is 5.95 Å². The van der Waals surface area contributed by atoms with E-state index in [0.717, 1.165) is 12.2 Å². The van der Waals surface area contributed by atoms with E-state index in [1.807, 2.05) is 13.1 Å². The summed E-state index contributed by atoms with van der Waals surface area (Å²) in [7, 11) is 2.20. The first-order valence-corrected chi connectivity index (χ1v) is 5.66. The fraction of sp³-hybridized carbons (Fsp3) is 0.727. The zero-order valence-corrected chi connectivity index (χ0v) is 9.61. The second-order valence-corrected chi connectivity index (χ2v) is 4.52. The summed E-state index contributed by atoms with van der Waals surface area (Å²) in [5.74, 6) is 0.645. The molecule has 1 fully saturated rings. The van der Waals surface area contributed by atoms with E-state index in [1.54, 1.807) is 0 Å². The topological polar surface area (TPSA) is 47.1 Å². The van der Waals surface area contributed by atoms with Crippen LogP contribution in [0.15, 0.2) is 6.20 Å². The lowest BCUT2D eigenvalue weighted by molar-refractivity contribution is 0.168. The minimum atomic E-state index is 0.620. The summed E-state index contributed by atoms with van der Waals surface area (Å²) < 4.78 is 2.07. The van der Waals surface area contributed by atoms with Crippen LogP contribution in [-0.2, 0) is 6.54 Å². The molecule has 2 N–H and O–H groups in total. The van der Waals surface area contributed by atoms with Crippen molar-refractivity contribution in [2.45, 2.75) is 38.8 Å². The maximum absolute atomic E-state index is 5.84. The second-order valence-electron chi connectivity index (χ2n) is 4.52. The Balaban J connectivity index is 2.04. The van der Waals surface area contributed by atoms with E-state index in [0.29, 0.717) is 12.0 Å². The summed E-state index contributed by atoms with van der Waals surface area (Å²) >= 11 is 0. The maximum atomic E-state index is 5.84. The van der Waals surface area contributed by atoms with E-state index in [1.165, 1.54) is 25.8 Å². The van der Waals surface area contributed by atoms with Crippen LogP contribution >= 0.6 is 0 Å². The number of aryl methyl sites for hydroxylation is 1. The van der Waals surface area contributed by atoms with Crippen molar-refractivity contribution >= 4 is 5.95 Å². The zero-order chi connectivity index (χ0) is 10.8. The Morgan fingerprint density at radius 1 is 1.53 bits per heavy atom. The van der Waals surface area contributed by atoms with Crippen LogP contribution in [-0.4, -0.2) is 34.1 Å². The van der Waals surface area contributed by atoms with Gasteiger partial charge >= 0.3 is 0 Å². The molecule has 0 aliphatic carbocycles. The lowest BCUT2D eigenvalue weighted by Crippen LogP contribution is -2.39. The molecule has 15 heavy (non-hydrogen) atoms. The highest BCUT2D eigenvalue weighted by molar-refractivity contribution is 5.21. The van der Waals surface area contributed by atoms with E-state index in [4.69, 9.17) is 5.73 Å². The van der Waals surface area contributed by atoms with Gasteiger partial charge in [-0.15, -0.1) is 0 Å². The fourth-order valence-electron chi connectivity index (χ4n) is 2.31. The molecule has 1 unspecified atom stereocenters. The third kappa shape index (κ3) is 2.31. The number of nitrogens with two attached hydrogens (primary N) is 1. The van der Waals surface area contributed by atoms with Gasteiger partial charge in [0.2, 0.25) is 0 Å². The van der Waals surface area contributed by atoms with Crippen molar-refractivity contribution < 1.29 is 0 Å². The molecule has 0 amide bonds. The average molecular weight is 208 g/mol. The Bertz CT molecular complexity index is 331. The maximum Gasteiger partial charge on any atom is 0.200 e. The molecular formula is C11H20N4. The van der Waals surface area contributed by atoms with Gasteiger partial charge in [0.25, 0.3) is 0 Å². The molecule has 1 aliphatic heterocycles. The van der Waals surface area contributed by atoms with Crippen LogP contribution in [0.1, 0.15) is 25.0 Å². The van der Waals surface area contributed by atoms with E-state index in [-0.39, 0.29) is 0 Å². The molecule has 4 heteroatoms. The molecule has 0 spiro atoms. The largest absolute Gasteiger partial charge is 0.369 e. The SMILES string of the molecule is Cc1cn(CC2CCCCN2C)c(N)n1. The fourth-order valence-corrected chi connectivity index (χ4v) is 2.31. The lowest BCUT2D eigenvalue weighted by Gasteiger charge is -2.32. The molecular weight excluding hydrogens is 188 g/mol. The number of imidazole rings is 1. The summed E-state index contributed by atoms with van der Waals surface area (Å²) in [5, 5.41) is 0. The van der Waals surface area contributed by atoms with Crippen LogP contribution in [0.25, 0.3) is 0 Å². The Labute approximate surface area is 91.1 Å². The zero-order valence-electron chi connectivity index (χ0n) is 9.61. The van der Waals surface area contributed by atoms with Gasteiger partial charge < -0.3 is 15.2 Å². The van der Waals surface area contributed by atoms with Crippen LogP contribution in [0, 0.1) is 6.92 Å². The third-order valence-electron chi connectivity index (χ3n) is 3.26. The normalized spacial score (nSPS) is 23.2. The monoisotopic (exact) mass is 208 g/mol. The molecule has 1 aromatic rings. The molecule has 4 nitrogen and oxygen atoms in total. The van der Waals surface area contributed by atoms with Crippen molar-refractivity contribution in [3.05, 3.63) is 11.9 Å². The third-order valence-corrected chi connectivity index (χ3v) is 3.26. The first-order chi connectivity index (χ1) is 7.16. The Morgan fingerprint density at radius 2 is 2.33 bits per heavy atom. The van der Waals surface area contributed by atoms with Gasteiger partial charge in [-0.2, -0.15) is 0 Å². The van der Waals surface area contributed by atoms with Crippen LogP contribution in [0.2, 0.25) is 0 Å². The van der Waals surface area contributed by atoms with Crippen LogP contribution < -0.4 is 5.73 Å². The van der Waals surface area contributed by atoms with Crippen molar-refractivity contribution in [3.8, 4) is 0 Å². The number of anilines is 1. The molecule has 84 valence electrons. The molecule has 2 rings (SSSR count). The Hall–Kier alpha value is -1.03. The number of nitrogen functional groups attached to an aromatic ring is 1. The van der Waals surface area contributed by atoms with E-state index in [9.17, 15) is 0 Å². The van der Waals surface area contributed by atoms with Crippen molar-refractivity contribution in [2.24, 2.45) is 0 Å². The number of likely N-dealkylation sites (tertiary alicyclic amines) is 1. The molecule has 0 aromatic carbocycles. The Morgan fingerprint density at radius 3 is 2.93 bits per heavy atom. The molecule has 1 atom stereocenters. The van der Waals surface area contributed by atoms with Gasteiger partial charge in [-0.25, -0.2) is 4.98 Å². The van der Waals surface area contributed by atoms with Crippen molar-refractivity contribution in [1.29, 1.82) is 0 Å². The lowest BCUT2D eigenvalue weighted by atomic mass is 10.0. The number of rotatable bonds is 2. The number of piperidine rings is 1. The van der Waals surface area contributed by atoms with Crippen molar-refractivity contribution in [3.63, 3.8) is 0 Å². The number of nitrogens with zero attached hydrogens (tertiary/aromatic N) is 3. The minimum absolute atomic E-state index is 0.620. The molecule has 0 saturated carbocycles. The first-order valence-electron chi connectivity index (χ1n) is 5.66. The molecule has 0 bridgehead atoms. The van der Waals surface area contributed by atoms with Crippen LogP contribution in [0.3, 0.4) is 0 Å². The van der Waals surface area contributed by atoms with Gasteiger partial charge in [0, 0.05) is 18.8 Å². The summed E-state index contributed by atoms with van der Waals surface area (Å²) in [4.78, 5) is 6.65. The van der Waals surface area contributed by atoms with Gasteiger partial charge in [0.1, 0.15) is 0 Å². The highest BCUT2D eigenvalue weighted by Gasteiger charge is 2.19. The average Bonchev–Trinajstić information content (AvgIpc) is 2.49. The number of hydrogen-bond donors (Lipinski definition) is 1. The standard InChI is InChI=1S/C11H20N4/c1-9-7-15(11(12)13-9)8-10-5-3-4-6-14(10)2/h7,10H,3-6,8H2,1-2H3,(H2,12,13). The summed E-state index contributed by atoms with van der Waals surface area (Å²) in [6.07, 6.45) is 5.97. The number of likely N-dealkylation sites (N-methyl/N-ethyl adjacent to an activating group) is 1. The Kier molecular flexibility index (Phi) is 2.95. The smallest absolute Gasteiger partial charge is 0.200 e. The van der Waals surface area contributed by atoms with E-state index in [2.05, 4.69) is 21.5 Å². The van der Waals surface area contributed by atoms with Crippen molar-refractivity contribution in [1.82, 2.24) is 14.5 Å². The van der Waals surface area contributed by atoms with Gasteiger partial charge in [-0.1, -0.05) is 6.42 Å². The van der Waals surface area contributed by atoms with Crippen molar-refractivity contribution in [2.75, 3.05) is 19.3 Å². The molecule has 2 heterocycles. The van der Waals surface area contributed by atoms with Crippen LogP contribution in [0.5, 0.6) is 0 Å². The summed E-state index contributed by atoms with van der Waals surface area (Å²) in [5.41, 5.74) is 6.84. The highest BCUT2D eigenvalue weighted by atomic mass is 15.2. The van der Waals surface area contributed by atoms with E-state index < -0.39 is 0 Å². The van der Waals surface area contributed by atoms with Gasteiger partial charge in [-0.3, -0.25) is 0 Å². The second kappa shape index (κ2) is 4.23. The molecule has 1 saturated heterocycles. The molecule has 1 aliphatic rings. The van der Waals surface area contributed by atoms with Gasteiger partial charge in [0.05, 0.1) is 5.69 Å². The predicted molar refractivity (Wildman–Crippen MR) is 61.6 cm³/mol. The van der Waals surface area contributed by atoms with Gasteiger partial charge in [0.15, 0.2) is 5.95 Å². The number of aromatic nitrogens is 2. The first kappa shape index (κ1) is 10.5. The molecule has 0 radical (unpaired) electrons.